The number of carbonyl (C=O) groups is 1. The van der Waals surface area contributed by atoms with Gasteiger partial charge in [0.2, 0.25) is 0 Å². The summed E-state index contributed by atoms with van der Waals surface area (Å²) >= 11 is 0. The van der Waals surface area contributed by atoms with Gasteiger partial charge in [0.05, 0.1) is 35.7 Å². The number of anilines is 1. The lowest BCUT2D eigenvalue weighted by molar-refractivity contribution is -0.0669. The van der Waals surface area contributed by atoms with Crippen molar-refractivity contribution < 1.29 is 13.9 Å². The molecule has 4 rings (SSSR count). The molecular formula is C27H32FN5O2. The highest BCUT2D eigenvalue weighted by Crippen LogP contribution is 2.40. The van der Waals surface area contributed by atoms with Gasteiger partial charge in [-0.2, -0.15) is 0 Å². The first-order valence-corrected chi connectivity index (χ1v) is 11.9. The highest BCUT2D eigenvalue weighted by molar-refractivity contribution is 6.06. The summed E-state index contributed by atoms with van der Waals surface area (Å²) in [6.07, 6.45) is 4.46. The molecule has 1 saturated heterocycles. The fourth-order valence-corrected chi connectivity index (χ4v) is 4.28. The first kappa shape index (κ1) is 24.9. The summed E-state index contributed by atoms with van der Waals surface area (Å²) in [5.41, 5.74) is 2.06. The molecule has 1 amide bonds. The van der Waals surface area contributed by atoms with Crippen LogP contribution in [0.5, 0.6) is 0 Å². The van der Waals surface area contributed by atoms with Crippen LogP contribution in [0.2, 0.25) is 0 Å². The van der Waals surface area contributed by atoms with Crippen LogP contribution >= 0.6 is 0 Å². The van der Waals surface area contributed by atoms with Gasteiger partial charge in [-0.05, 0) is 17.5 Å². The monoisotopic (exact) mass is 477 g/mol. The Morgan fingerprint density at radius 2 is 1.83 bits per heavy atom. The first-order chi connectivity index (χ1) is 16.7. The zero-order chi connectivity index (χ0) is 25.2. The summed E-state index contributed by atoms with van der Waals surface area (Å²) in [5, 5.41) is 6.50. The number of carbonyl (C=O) groups excluding carboxylic acids is 1. The molecule has 2 unspecified atom stereocenters. The van der Waals surface area contributed by atoms with Crippen LogP contribution in [0.3, 0.4) is 0 Å². The minimum Gasteiger partial charge on any atom is -0.374 e. The van der Waals surface area contributed by atoms with Gasteiger partial charge in [-0.15, -0.1) is 0 Å². The van der Waals surface area contributed by atoms with Crippen molar-refractivity contribution in [3.63, 3.8) is 0 Å². The number of ether oxygens (including phenoxy) is 1. The number of benzene rings is 1. The van der Waals surface area contributed by atoms with Crippen LogP contribution in [0.4, 0.5) is 10.1 Å². The fourth-order valence-electron chi connectivity index (χ4n) is 4.28. The van der Waals surface area contributed by atoms with Crippen LogP contribution in [0.15, 0.2) is 48.9 Å². The van der Waals surface area contributed by atoms with E-state index in [1.54, 1.807) is 30.5 Å². The molecule has 0 bridgehead atoms. The van der Waals surface area contributed by atoms with Crippen molar-refractivity contribution >= 4 is 11.6 Å². The Morgan fingerprint density at radius 1 is 1.11 bits per heavy atom. The van der Waals surface area contributed by atoms with Crippen LogP contribution in [0.25, 0.3) is 11.1 Å². The molecule has 184 valence electrons. The topological polar surface area (TPSA) is 89.0 Å². The number of nitrogens with one attached hydrogen (secondary N) is 2. The maximum atomic E-state index is 14.9. The van der Waals surface area contributed by atoms with Gasteiger partial charge in [-0.25, -0.2) is 14.4 Å². The molecule has 0 radical (unpaired) electrons. The SMILES string of the molecule is CC(C)c1ncc(C(=O)Nc2c(-c3ccccc3F)ccnc2C2NCCOC2C(C)(C)C)cn1. The molecular weight excluding hydrogens is 445 g/mol. The van der Waals surface area contributed by atoms with Crippen LogP contribution in [0, 0.1) is 11.2 Å². The van der Waals surface area contributed by atoms with E-state index in [4.69, 9.17) is 4.74 Å². The normalized spacial score (nSPS) is 18.5. The molecule has 8 heteroatoms. The molecule has 1 aliphatic heterocycles. The highest BCUT2D eigenvalue weighted by atomic mass is 19.1. The van der Waals surface area contributed by atoms with Crippen molar-refractivity contribution in [1.82, 2.24) is 20.3 Å². The lowest BCUT2D eigenvalue weighted by Crippen LogP contribution is -2.48. The highest BCUT2D eigenvalue weighted by Gasteiger charge is 2.39. The molecule has 0 aliphatic carbocycles. The quantitative estimate of drug-likeness (QED) is 0.530. The Bertz CT molecular complexity index is 1190. The van der Waals surface area contributed by atoms with Gasteiger partial charge in [0.1, 0.15) is 11.6 Å². The summed E-state index contributed by atoms with van der Waals surface area (Å²) in [4.78, 5) is 26.6. The van der Waals surface area contributed by atoms with Crippen molar-refractivity contribution in [3.05, 3.63) is 71.8 Å². The summed E-state index contributed by atoms with van der Waals surface area (Å²) in [6.45, 7) is 11.5. The van der Waals surface area contributed by atoms with Crippen molar-refractivity contribution in [2.24, 2.45) is 5.41 Å². The third-order valence-electron chi connectivity index (χ3n) is 6.05. The summed E-state index contributed by atoms with van der Waals surface area (Å²) in [5.74, 6) is 0.0322. The average Bonchev–Trinajstić information content (AvgIpc) is 2.84. The number of halogens is 1. The largest absolute Gasteiger partial charge is 0.374 e. The van der Waals surface area contributed by atoms with E-state index in [-0.39, 0.29) is 29.3 Å². The molecule has 1 aromatic carbocycles. The number of hydrogen-bond acceptors (Lipinski definition) is 6. The summed E-state index contributed by atoms with van der Waals surface area (Å²) in [6, 6.07) is 7.91. The van der Waals surface area contributed by atoms with E-state index in [2.05, 4.69) is 46.4 Å². The van der Waals surface area contributed by atoms with Crippen LogP contribution in [-0.2, 0) is 4.74 Å². The second-order valence-electron chi connectivity index (χ2n) is 10.1. The second kappa shape index (κ2) is 10.2. The van der Waals surface area contributed by atoms with E-state index >= 15 is 0 Å². The van der Waals surface area contributed by atoms with Crippen molar-refractivity contribution in [1.29, 1.82) is 0 Å². The average molecular weight is 478 g/mol. The van der Waals surface area contributed by atoms with Crippen molar-refractivity contribution in [2.45, 2.75) is 52.7 Å². The van der Waals surface area contributed by atoms with E-state index in [1.807, 2.05) is 13.8 Å². The van der Waals surface area contributed by atoms with Gasteiger partial charge in [0.15, 0.2) is 0 Å². The molecule has 35 heavy (non-hydrogen) atoms. The number of pyridine rings is 1. The van der Waals surface area contributed by atoms with E-state index in [0.717, 1.165) is 0 Å². The van der Waals surface area contributed by atoms with Gasteiger partial charge in [-0.1, -0.05) is 52.8 Å². The first-order valence-electron chi connectivity index (χ1n) is 11.9. The Balaban J connectivity index is 1.81. The van der Waals surface area contributed by atoms with Crippen molar-refractivity contribution in [3.8, 4) is 11.1 Å². The number of amides is 1. The Kier molecular flexibility index (Phi) is 7.23. The maximum Gasteiger partial charge on any atom is 0.258 e. The van der Waals surface area contributed by atoms with Gasteiger partial charge >= 0.3 is 0 Å². The van der Waals surface area contributed by atoms with E-state index in [1.165, 1.54) is 18.5 Å². The minimum atomic E-state index is -0.392. The molecule has 3 heterocycles. The third kappa shape index (κ3) is 5.39. The van der Waals surface area contributed by atoms with Crippen LogP contribution in [-0.4, -0.2) is 40.1 Å². The zero-order valence-electron chi connectivity index (χ0n) is 20.8. The van der Waals surface area contributed by atoms with E-state index in [9.17, 15) is 9.18 Å². The van der Waals surface area contributed by atoms with Gasteiger partial charge in [-0.3, -0.25) is 9.78 Å². The molecule has 0 saturated carbocycles. The molecule has 2 aromatic heterocycles. The number of aromatic nitrogens is 3. The molecule has 1 fully saturated rings. The minimum absolute atomic E-state index is 0.149. The predicted molar refractivity (Wildman–Crippen MR) is 134 cm³/mol. The van der Waals surface area contributed by atoms with E-state index < -0.39 is 5.91 Å². The molecule has 7 nitrogen and oxygen atoms in total. The standard InChI is InChI=1S/C27H32FN5O2/c1-16(2)25-31-14-17(15-32-25)26(34)33-21-19(18-8-6-7-9-20(18)28)10-11-29-22(21)23-24(27(3,4)5)35-13-12-30-23/h6-11,14-16,23-24,30H,12-13H2,1-5H3,(H,33,34). The fraction of sp³-hybridized carbons (Fsp3) is 0.407. The Labute approximate surface area is 205 Å². The number of nitrogens with zero attached hydrogens (tertiary/aromatic N) is 3. The lowest BCUT2D eigenvalue weighted by atomic mass is 9.81. The maximum absolute atomic E-state index is 14.9. The van der Waals surface area contributed by atoms with Crippen LogP contribution in [0.1, 0.15) is 68.5 Å². The van der Waals surface area contributed by atoms with Gasteiger partial charge < -0.3 is 15.4 Å². The second-order valence-corrected chi connectivity index (χ2v) is 10.1. The molecule has 2 N–H and O–H groups in total. The van der Waals surface area contributed by atoms with E-state index in [0.29, 0.717) is 47.0 Å². The zero-order valence-corrected chi connectivity index (χ0v) is 20.8. The summed E-state index contributed by atoms with van der Waals surface area (Å²) < 4.78 is 21.0. The Morgan fingerprint density at radius 3 is 2.49 bits per heavy atom. The third-order valence-corrected chi connectivity index (χ3v) is 6.05. The van der Waals surface area contributed by atoms with Gasteiger partial charge in [0.25, 0.3) is 5.91 Å². The van der Waals surface area contributed by atoms with Gasteiger partial charge in [0, 0.05) is 42.2 Å². The molecule has 0 spiro atoms. The Hall–Kier alpha value is -3.23. The predicted octanol–water partition coefficient (Wildman–Crippen LogP) is 5.13. The molecule has 1 aliphatic rings. The molecule has 2 atom stereocenters. The number of rotatable bonds is 5. The number of morpholine rings is 1. The number of hydrogen-bond donors (Lipinski definition) is 2. The lowest BCUT2D eigenvalue weighted by Gasteiger charge is -2.41. The van der Waals surface area contributed by atoms with Crippen molar-refractivity contribution in [2.75, 3.05) is 18.5 Å². The summed E-state index contributed by atoms with van der Waals surface area (Å²) in [7, 11) is 0. The van der Waals surface area contributed by atoms with Crippen LogP contribution < -0.4 is 10.6 Å². The smallest absolute Gasteiger partial charge is 0.258 e. The molecule has 3 aromatic rings.